The second kappa shape index (κ2) is 5.44. The zero-order valence-corrected chi connectivity index (χ0v) is 10.3. The van der Waals surface area contributed by atoms with Crippen LogP contribution in [0, 0.1) is 11.3 Å². The molecule has 0 fully saturated rings. The number of hydrogen-bond acceptors (Lipinski definition) is 3. The zero-order valence-electron chi connectivity index (χ0n) is 9.52. The predicted octanol–water partition coefficient (Wildman–Crippen LogP) is 3.53. The van der Waals surface area contributed by atoms with Crippen LogP contribution in [0.1, 0.15) is 11.1 Å². The lowest BCUT2D eigenvalue weighted by Gasteiger charge is -2.07. The van der Waals surface area contributed by atoms with E-state index < -0.39 is 0 Å². The molecule has 0 unspecified atom stereocenters. The molecular formula is C14H11ClN2O. The van der Waals surface area contributed by atoms with Gasteiger partial charge in [0.1, 0.15) is 5.75 Å². The van der Waals surface area contributed by atoms with Crippen LogP contribution in [0.2, 0.25) is 5.02 Å². The summed E-state index contributed by atoms with van der Waals surface area (Å²) in [4.78, 5) is 0. The second-order valence-corrected chi connectivity index (χ2v) is 4.24. The van der Waals surface area contributed by atoms with E-state index >= 15 is 0 Å². The van der Waals surface area contributed by atoms with Crippen LogP contribution in [-0.2, 0) is 6.54 Å². The molecule has 0 bridgehead atoms. The molecule has 2 aromatic carbocycles. The first kappa shape index (κ1) is 12.3. The zero-order chi connectivity index (χ0) is 13.0. The molecule has 0 aliphatic rings. The van der Waals surface area contributed by atoms with Gasteiger partial charge < -0.3 is 10.4 Å². The van der Waals surface area contributed by atoms with Gasteiger partial charge in [0.05, 0.1) is 16.7 Å². The van der Waals surface area contributed by atoms with Crippen LogP contribution in [-0.4, -0.2) is 5.11 Å². The number of phenolic OH excluding ortho intramolecular Hbond substituents is 1. The van der Waals surface area contributed by atoms with Gasteiger partial charge in [0.2, 0.25) is 0 Å². The Morgan fingerprint density at radius 1 is 1.17 bits per heavy atom. The molecule has 0 saturated heterocycles. The average Bonchev–Trinajstić information content (AvgIpc) is 2.41. The van der Waals surface area contributed by atoms with Crippen molar-refractivity contribution in [1.29, 1.82) is 5.26 Å². The van der Waals surface area contributed by atoms with Gasteiger partial charge in [-0.3, -0.25) is 0 Å². The molecule has 2 N–H and O–H groups in total. The largest absolute Gasteiger partial charge is 0.506 e. The van der Waals surface area contributed by atoms with Crippen molar-refractivity contribution in [2.45, 2.75) is 6.54 Å². The Morgan fingerprint density at radius 3 is 2.50 bits per heavy atom. The number of nitriles is 1. The fourth-order valence-corrected chi connectivity index (χ4v) is 1.73. The number of rotatable bonds is 3. The summed E-state index contributed by atoms with van der Waals surface area (Å²) >= 11 is 5.82. The van der Waals surface area contributed by atoms with Crippen LogP contribution in [0.4, 0.5) is 5.69 Å². The molecule has 18 heavy (non-hydrogen) atoms. The number of phenols is 1. The molecule has 0 aliphatic carbocycles. The molecule has 2 aromatic rings. The molecule has 2 rings (SSSR count). The summed E-state index contributed by atoms with van der Waals surface area (Å²) in [5.41, 5.74) is 2.54. The SMILES string of the molecule is N#Cc1ccc(NCc2ccc(O)c(Cl)c2)cc1. The maximum Gasteiger partial charge on any atom is 0.134 e. The minimum absolute atomic E-state index is 0.0822. The highest BCUT2D eigenvalue weighted by atomic mass is 35.5. The van der Waals surface area contributed by atoms with Crippen molar-refractivity contribution >= 4 is 17.3 Å². The third-order valence-corrected chi connectivity index (χ3v) is 2.83. The summed E-state index contributed by atoms with van der Waals surface area (Å²) in [7, 11) is 0. The van der Waals surface area contributed by atoms with Crippen LogP contribution in [0.3, 0.4) is 0 Å². The molecule has 0 amide bonds. The first-order valence-corrected chi connectivity index (χ1v) is 5.78. The molecule has 0 radical (unpaired) electrons. The van der Waals surface area contributed by atoms with Gasteiger partial charge in [-0.05, 0) is 42.0 Å². The highest BCUT2D eigenvalue weighted by molar-refractivity contribution is 6.32. The molecule has 0 aliphatic heterocycles. The maximum absolute atomic E-state index is 9.30. The molecule has 0 saturated carbocycles. The first-order valence-electron chi connectivity index (χ1n) is 5.40. The smallest absolute Gasteiger partial charge is 0.134 e. The Bertz CT molecular complexity index is 588. The van der Waals surface area contributed by atoms with Gasteiger partial charge in [-0.1, -0.05) is 17.7 Å². The summed E-state index contributed by atoms with van der Waals surface area (Å²) in [5, 5.41) is 21.5. The number of benzene rings is 2. The lowest BCUT2D eigenvalue weighted by molar-refractivity contribution is 0.475. The van der Waals surface area contributed by atoms with Crippen molar-refractivity contribution < 1.29 is 5.11 Å². The van der Waals surface area contributed by atoms with Crippen molar-refractivity contribution in [2.24, 2.45) is 0 Å². The van der Waals surface area contributed by atoms with Crippen molar-refractivity contribution in [1.82, 2.24) is 0 Å². The molecule has 0 atom stereocenters. The monoisotopic (exact) mass is 258 g/mol. The fourth-order valence-electron chi connectivity index (χ4n) is 1.53. The topological polar surface area (TPSA) is 56.0 Å². The van der Waals surface area contributed by atoms with Gasteiger partial charge >= 0.3 is 0 Å². The number of hydrogen-bond donors (Lipinski definition) is 2. The first-order chi connectivity index (χ1) is 8.69. The summed E-state index contributed by atoms with van der Waals surface area (Å²) < 4.78 is 0. The van der Waals surface area contributed by atoms with Gasteiger partial charge in [0, 0.05) is 12.2 Å². The molecule has 0 heterocycles. The van der Waals surface area contributed by atoms with Gasteiger partial charge in [0.25, 0.3) is 0 Å². The highest BCUT2D eigenvalue weighted by Crippen LogP contribution is 2.24. The van der Waals surface area contributed by atoms with E-state index in [0.29, 0.717) is 17.1 Å². The third kappa shape index (κ3) is 2.93. The van der Waals surface area contributed by atoms with Gasteiger partial charge in [-0.15, -0.1) is 0 Å². The summed E-state index contributed by atoms with van der Waals surface area (Å²) in [6.07, 6.45) is 0. The van der Waals surface area contributed by atoms with E-state index in [1.54, 1.807) is 30.3 Å². The van der Waals surface area contributed by atoms with Crippen molar-refractivity contribution in [3.05, 3.63) is 58.6 Å². The average molecular weight is 259 g/mol. The van der Waals surface area contributed by atoms with Gasteiger partial charge in [-0.2, -0.15) is 5.26 Å². The van der Waals surface area contributed by atoms with E-state index in [-0.39, 0.29) is 5.75 Å². The van der Waals surface area contributed by atoms with Crippen LogP contribution in [0.15, 0.2) is 42.5 Å². The van der Waals surface area contributed by atoms with E-state index in [2.05, 4.69) is 11.4 Å². The van der Waals surface area contributed by atoms with E-state index in [1.807, 2.05) is 12.1 Å². The Kier molecular flexibility index (Phi) is 3.71. The van der Waals surface area contributed by atoms with Crippen LogP contribution >= 0.6 is 11.6 Å². The van der Waals surface area contributed by atoms with Gasteiger partial charge in [0.15, 0.2) is 0 Å². The predicted molar refractivity (Wildman–Crippen MR) is 71.6 cm³/mol. The Morgan fingerprint density at radius 2 is 1.89 bits per heavy atom. The second-order valence-electron chi connectivity index (χ2n) is 3.83. The highest BCUT2D eigenvalue weighted by Gasteiger charge is 2.00. The number of aromatic hydroxyl groups is 1. The van der Waals surface area contributed by atoms with Crippen LogP contribution < -0.4 is 5.32 Å². The third-order valence-electron chi connectivity index (χ3n) is 2.52. The normalized spacial score (nSPS) is 9.78. The van der Waals surface area contributed by atoms with Crippen molar-refractivity contribution in [3.8, 4) is 11.8 Å². The molecule has 4 heteroatoms. The van der Waals surface area contributed by atoms with E-state index in [0.717, 1.165) is 11.3 Å². The fraction of sp³-hybridized carbons (Fsp3) is 0.0714. The molecule has 0 spiro atoms. The lowest BCUT2D eigenvalue weighted by atomic mass is 10.2. The minimum atomic E-state index is 0.0822. The Labute approximate surface area is 110 Å². The number of halogens is 1. The summed E-state index contributed by atoms with van der Waals surface area (Å²) in [6.45, 7) is 0.603. The quantitative estimate of drug-likeness (QED) is 0.886. The number of nitrogens with zero attached hydrogens (tertiary/aromatic N) is 1. The maximum atomic E-state index is 9.30. The molecule has 0 aromatic heterocycles. The molecule has 90 valence electrons. The van der Waals surface area contributed by atoms with E-state index in [4.69, 9.17) is 16.9 Å². The van der Waals surface area contributed by atoms with Crippen molar-refractivity contribution in [3.63, 3.8) is 0 Å². The van der Waals surface area contributed by atoms with E-state index in [9.17, 15) is 5.11 Å². The van der Waals surface area contributed by atoms with Crippen LogP contribution in [0.25, 0.3) is 0 Å². The molecular weight excluding hydrogens is 248 g/mol. The summed E-state index contributed by atoms with van der Waals surface area (Å²) in [5.74, 6) is 0.0822. The van der Waals surface area contributed by atoms with E-state index in [1.165, 1.54) is 0 Å². The standard InChI is InChI=1S/C14H11ClN2O/c15-13-7-11(3-6-14(13)18)9-17-12-4-1-10(8-16)2-5-12/h1-7,17-18H,9H2. The number of nitrogens with one attached hydrogen (secondary N) is 1. The number of anilines is 1. The van der Waals surface area contributed by atoms with Crippen molar-refractivity contribution in [2.75, 3.05) is 5.32 Å². The Hall–Kier alpha value is -2.18. The molecule has 3 nitrogen and oxygen atoms in total. The lowest BCUT2D eigenvalue weighted by Crippen LogP contribution is -1.99. The van der Waals surface area contributed by atoms with Gasteiger partial charge in [-0.25, -0.2) is 0 Å². The minimum Gasteiger partial charge on any atom is -0.506 e. The Balaban J connectivity index is 2.02. The summed E-state index contributed by atoms with van der Waals surface area (Å²) in [6, 6.07) is 14.4. The van der Waals surface area contributed by atoms with Crippen LogP contribution in [0.5, 0.6) is 5.75 Å².